The van der Waals surface area contributed by atoms with Gasteiger partial charge in [0.2, 0.25) is 0 Å². The van der Waals surface area contributed by atoms with Crippen LogP contribution in [0.4, 0.5) is 5.69 Å². The second-order valence-corrected chi connectivity index (χ2v) is 4.20. The van der Waals surface area contributed by atoms with Gasteiger partial charge in [0, 0.05) is 5.69 Å². The molecule has 0 bridgehead atoms. The average Bonchev–Trinajstić information content (AvgIpc) is 2.53. The van der Waals surface area contributed by atoms with E-state index in [1.807, 2.05) is 30.3 Å². The molecule has 0 amide bonds. The Kier molecular flexibility index (Phi) is 4.35. The van der Waals surface area contributed by atoms with Gasteiger partial charge in [0.05, 0.1) is 18.7 Å². The number of hydrogen-bond donors (Lipinski definition) is 1. The van der Waals surface area contributed by atoms with Crippen LogP contribution in [0.25, 0.3) is 0 Å². The highest BCUT2D eigenvalue weighted by atomic mass is 16.5. The normalized spacial score (nSPS) is 11.2. The Morgan fingerprint density at radius 1 is 1.15 bits per heavy atom. The highest BCUT2D eigenvalue weighted by Crippen LogP contribution is 2.21. The lowest BCUT2D eigenvalue weighted by atomic mass is 10.1. The van der Waals surface area contributed by atoms with Crippen molar-refractivity contribution in [1.29, 1.82) is 5.26 Å². The number of anilines is 1. The molecule has 1 atom stereocenters. The largest absolute Gasteiger partial charge is 0.467 e. The first-order valence-electron chi connectivity index (χ1n) is 6.14. The maximum atomic E-state index is 11.9. The van der Waals surface area contributed by atoms with Crippen LogP contribution in [0.2, 0.25) is 0 Å². The summed E-state index contributed by atoms with van der Waals surface area (Å²) in [4.78, 5) is 11.9. The van der Waals surface area contributed by atoms with Crippen LogP contribution >= 0.6 is 0 Å². The number of nitrogens with zero attached hydrogens (tertiary/aromatic N) is 1. The Hall–Kier alpha value is -2.80. The first kappa shape index (κ1) is 13.6. The minimum Gasteiger partial charge on any atom is -0.467 e. The zero-order valence-corrected chi connectivity index (χ0v) is 11.0. The smallest absolute Gasteiger partial charge is 0.332 e. The number of ether oxygens (including phenoxy) is 1. The molecule has 0 aromatic heterocycles. The molecule has 0 saturated carbocycles. The molecule has 2 rings (SSSR count). The molecule has 2 aromatic carbocycles. The molecule has 0 aliphatic heterocycles. The molecule has 2 aromatic rings. The Balaban J connectivity index is 2.24. The molecule has 0 radical (unpaired) electrons. The number of esters is 1. The van der Waals surface area contributed by atoms with Crippen molar-refractivity contribution in [2.45, 2.75) is 6.04 Å². The second-order valence-electron chi connectivity index (χ2n) is 4.20. The molecule has 4 heteroatoms. The summed E-state index contributed by atoms with van der Waals surface area (Å²) in [5.41, 5.74) is 2.15. The number of carbonyl (C=O) groups is 1. The lowest BCUT2D eigenvalue weighted by Crippen LogP contribution is -2.22. The van der Waals surface area contributed by atoms with E-state index in [0.29, 0.717) is 5.56 Å². The molecular formula is C16H14N2O2. The van der Waals surface area contributed by atoms with Gasteiger partial charge in [-0.3, -0.25) is 0 Å². The van der Waals surface area contributed by atoms with Gasteiger partial charge in [-0.25, -0.2) is 4.79 Å². The minimum atomic E-state index is -0.575. The summed E-state index contributed by atoms with van der Waals surface area (Å²) < 4.78 is 4.83. The predicted molar refractivity (Wildman–Crippen MR) is 76.0 cm³/mol. The fraction of sp³-hybridized carbons (Fsp3) is 0.125. The van der Waals surface area contributed by atoms with E-state index in [1.165, 1.54) is 7.11 Å². The van der Waals surface area contributed by atoms with Crippen molar-refractivity contribution >= 4 is 11.7 Å². The number of carbonyl (C=O) groups excluding carboxylic acids is 1. The number of methoxy groups -OCH3 is 1. The predicted octanol–water partition coefficient (Wildman–Crippen LogP) is 2.88. The molecule has 0 spiro atoms. The third-order valence-electron chi connectivity index (χ3n) is 2.89. The Morgan fingerprint density at radius 2 is 1.80 bits per heavy atom. The van der Waals surface area contributed by atoms with Crippen LogP contribution in [0, 0.1) is 11.3 Å². The number of nitrogens with one attached hydrogen (secondary N) is 1. The van der Waals surface area contributed by atoms with Gasteiger partial charge in [0.25, 0.3) is 0 Å². The quantitative estimate of drug-likeness (QED) is 0.864. The number of hydrogen-bond acceptors (Lipinski definition) is 4. The molecular weight excluding hydrogens is 252 g/mol. The summed E-state index contributed by atoms with van der Waals surface area (Å²) in [5, 5.41) is 11.9. The van der Waals surface area contributed by atoms with E-state index < -0.39 is 6.04 Å². The number of rotatable bonds is 4. The molecule has 0 saturated heterocycles. The highest BCUT2D eigenvalue weighted by molar-refractivity contribution is 5.81. The van der Waals surface area contributed by atoms with Gasteiger partial charge in [0.1, 0.15) is 0 Å². The fourth-order valence-corrected chi connectivity index (χ4v) is 1.85. The molecule has 0 fully saturated rings. The van der Waals surface area contributed by atoms with E-state index in [-0.39, 0.29) is 5.97 Å². The van der Waals surface area contributed by atoms with Gasteiger partial charge in [-0.2, -0.15) is 5.26 Å². The lowest BCUT2D eigenvalue weighted by Gasteiger charge is -2.18. The maximum Gasteiger partial charge on any atom is 0.332 e. The van der Waals surface area contributed by atoms with Gasteiger partial charge < -0.3 is 10.1 Å². The van der Waals surface area contributed by atoms with Crippen molar-refractivity contribution in [3.05, 3.63) is 65.7 Å². The lowest BCUT2D eigenvalue weighted by molar-refractivity contribution is -0.141. The number of benzene rings is 2. The minimum absolute atomic E-state index is 0.361. The first-order chi connectivity index (χ1) is 9.74. The summed E-state index contributed by atoms with van der Waals surface area (Å²) in [7, 11) is 1.36. The van der Waals surface area contributed by atoms with Crippen LogP contribution in [0.5, 0.6) is 0 Å². The van der Waals surface area contributed by atoms with E-state index in [1.54, 1.807) is 24.3 Å². The van der Waals surface area contributed by atoms with E-state index in [9.17, 15) is 4.79 Å². The van der Waals surface area contributed by atoms with Crippen molar-refractivity contribution in [1.82, 2.24) is 0 Å². The van der Waals surface area contributed by atoms with Crippen LogP contribution < -0.4 is 5.32 Å². The molecule has 20 heavy (non-hydrogen) atoms. The van der Waals surface area contributed by atoms with E-state index in [2.05, 4.69) is 11.4 Å². The molecule has 0 aliphatic rings. The molecule has 100 valence electrons. The van der Waals surface area contributed by atoms with Gasteiger partial charge in [-0.15, -0.1) is 0 Å². The monoisotopic (exact) mass is 266 g/mol. The summed E-state index contributed by atoms with van der Waals surface area (Å²) in [6.07, 6.45) is 0. The van der Waals surface area contributed by atoms with E-state index in [0.717, 1.165) is 11.3 Å². The SMILES string of the molecule is COC(=O)C(Nc1ccc(C#N)cc1)c1ccccc1. The summed E-state index contributed by atoms with van der Waals surface area (Å²) in [5.74, 6) is -0.361. The van der Waals surface area contributed by atoms with E-state index in [4.69, 9.17) is 10.00 Å². The van der Waals surface area contributed by atoms with Crippen LogP contribution in [0.1, 0.15) is 17.2 Å². The van der Waals surface area contributed by atoms with Crippen LogP contribution in [-0.2, 0) is 9.53 Å². The standard InChI is InChI=1S/C16H14N2O2/c1-20-16(19)15(13-5-3-2-4-6-13)18-14-9-7-12(11-17)8-10-14/h2-10,15,18H,1H3. The van der Waals surface area contributed by atoms with Crippen molar-refractivity contribution in [3.63, 3.8) is 0 Å². The highest BCUT2D eigenvalue weighted by Gasteiger charge is 2.20. The van der Waals surface area contributed by atoms with Crippen LogP contribution in [0.15, 0.2) is 54.6 Å². The Morgan fingerprint density at radius 3 is 2.35 bits per heavy atom. The van der Waals surface area contributed by atoms with Crippen molar-refractivity contribution in [2.75, 3.05) is 12.4 Å². The summed E-state index contributed by atoms with van der Waals surface area (Å²) >= 11 is 0. The maximum absolute atomic E-state index is 11.9. The summed E-state index contributed by atoms with van der Waals surface area (Å²) in [6, 6.07) is 17.7. The third kappa shape index (κ3) is 3.15. The van der Waals surface area contributed by atoms with Gasteiger partial charge in [0.15, 0.2) is 6.04 Å². The van der Waals surface area contributed by atoms with Crippen LogP contribution in [0.3, 0.4) is 0 Å². The molecule has 1 unspecified atom stereocenters. The van der Waals surface area contributed by atoms with Crippen molar-refractivity contribution in [2.24, 2.45) is 0 Å². The zero-order valence-electron chi connectivity index (χ0n) is 11.0. The van der Waals surface area contributed by atoms with E-state index >= 15 is 0 Å². The molecule has 1 N–H and O–H groups in total. The number of nitriles is 1. The fourth-order valence-electron chi connectivity index (χ4n) is 1.85. The average molecular weight is 266 g/mol. The van der Waals surface area contributed by atoms with Gasteiger partial charge >= 0.3 is 5.97 Å². The van der Waals surface area contributed by atoms with Gasteiger partial charge in [-0.1, -0.05) is 30.3 Å². The molecule has 4 nitrogen and oxygen atoms in total. The third-order valence-corrected chi connectivity index (χ3v) is 2.89. The molecule has 0 heterocycles. The van der Waals surface area contributed by atoms with Crippen molar-refractivity contribution < 1.29 is 9.53 Å². The molecule has 0 aliphatic carbocycles. The zero-order chi connectivity index (χ0) is 14.4. The topological polar surface area (TPSA) is 62.1 Å². The van der Waals surface area contributed by atoms with Gasteiger partial charge in [-0.05, 0) is 29.8 Å². The first-order valence-corrected chi connectivity index (χ1v) is 6.14. The Labute approximate surface area is 117 Å². The second kappa shape index (κ2) is 6.39. The Bertz CT molecular complexity index is 615. The van der Waals surface area contributed by atoms with Crippen molar-refractivity contribution in [3.8, 4) is 6.07 Å². The van der Waals surface area contributed by atoms with Crippen LogP contribution in [-0.4, -0.2) is 13.1 Å². The summed E-state index contributed by atoms with van der Waals surface area (Å²) in [6.45, 7) is 0.